The van der Waals surface area contributed by atoms with Crippen LogP contribution in [0.1, 0.15) is 52.1 Å². The summed E-state index contributed by atoms with van der Waals surface area (Å²) in [6.45, 7) is 7.23. The molecular weight excluding hydrogens is 294 g/mol. The number of rotatable bonds is 7. The average Bonchev–Trinajstić information content (AvgIpc) is 2.46. The van der Waals surface area contributed by atoms with Gasteiger partial charge >= 0.3 is 11.9 Å². The van der Waals surface area contributed by atoms with Gasteiger partial charge in [0.05, 0.1) is 6.61 Å². The van der Waals surface area contributed by atoms with Gasteiger partial charge in [-0.3, -0.25) is 9.59 Å². The van der Waals surface area contributed by atoms with Gasteiger partial charge in [-0.05, 0) is 46.1 Å². The first-order valence-corrected chi connectivity index (χ1v) is 7.94. The molecule has 0 aliphatic rings. The molecule has 1 aromatic carbocycles. The van der Waals surface area contributed by atoms with Crippen molar-refractivity contribution >= 4 is 11.9 Å². The van der Waals surface area contributed by atoms with Crippen LogP contribution in [0, 0.1) is 5.92 Å². The summed E-state index contributed by atoms with van der Waals surface area (Å²) in [4.78, 5) is 24.3. The molecule has 0 aliphatic heterocycles. The van der Waals surface area contributed by atoms with E-state index in [0.29, 0.717) is 12.8 Å². The molecule has 0 spiro atoms. The molecule has 2 unspecified atom stereocenters. The van der Waals surface area contributed by atoms with E-state index in [1.807, 2.05) is 30.3 Å². The molecule has 2 N–H and O–H groups in total. The minimum absolute atomic E-state index is 0.225. The van der Waals surface area contributed by atoms with Crippen LogP contribution < -0.4 is 5.73 Å². The SMILES string of the molecule is CCOC(=O)C(CCC(N)c1ccccc1)C(=O)OC(C)(C)C. The summed E-state index contributed by atoms with van der Waals surface area (Å²) in [5, 5.41) is 0. The average molecular weight is 321 g/mol. The third-order valence-corrected chi connectivity index (χ3v) is 3.26. The van der Waals surface area contributed by atoms with Crippen molar-refractivity contribution in [2.24, 2.45) is 11.7 Å². The zero-order valence-corrected chi connectivity index (χ0v) is 14.4. The van der Waals surface area contributed by atoms with Crippen LogP contribution in [0.5, 0.6) is 0 Å². The Kier molecular flexibility index (Phi) is 7.23. The summed E-state index contributed by atoms with van der Waals surface area (Å²) in [5.41, 5.74) is 6.46. The van der Waals surface area contributed by atoms with Gasteiger partial charge < -0.3 is 15.2 Å². The fraction of sp³-hybridized carbons (Fsp3) is 0.556. The molecule has 0 aliphatic carbocycles. The van der Waals surface area contributed by atoms with Gasteiger partial charge in [-0.25, -0.2) is 0 Å². The van der Waals surface area contributed by atoms with Gasteiger partial charge in [-0.1, -0.05) is 30.3 Å². The van der Waals surface area contributed by atoms with E-state index in [4.69, 9.17) is 15.2 Å². The first kappa shape index (κ1) is 19.2. The maximum Gasteiger partial charge on any atom is 0.320 e. The van der Waals surface area contributed by atoms with Gasteiger partial charge in [0.25, 0.3) is 0 Å². The van der Waals surface area contributed by atoms with Crippen LogP contribution in [0.2, 0.25) is 0 Å². The highest BCUT2D eigenvalue weighted by molar-refractivity contribution is 5.95. The number of benzene rings is 1. The van der Waals surface area contributed by atoms with Crippen molar-refractivity contribution in [3.05, 3.63) is 35.9 Å². The standard InChI is InChI=1S/C18H27NO4/c1-5-22-16(20)14(17(21)23-18(2,3)4)11-12-15(19)13-9-7-6-8-10-13/h6-10,14-15H,5,11-12,19H2,1-4H3. The molecule has 5 nitrogen and oxygen atoms in total. The van der Waals surface area contributed by atoms with E-state index in [1.54, 1.807) is 27.7 Å². The van der Waals surface area contributed by atoms with Gasteiger partial charge in [0, 0.05) is 6.04 Å². The number of carbonyl (C=O) groups excluding carboxylic acids is 2. The zero-order valence-electron chi connectivity index (χ0n) is 14.4. The van der Waals surface area contributed by atoms with Crippen LogP contribution in [-0.2, 0) is 19.1 Å². The van der Waals surface area contributed by atoms with Crippen LogP contribution in [0.15, 0.2) is 30.3 Å². The summed E-state index contributed by atoms with van der Waals surface area (Å²) in [6.07, 6.45) is 0.788. The molecule has 1 aromatic rings. The molecule has 0 fully saturated rings. The van der Waals surface area contributed by atoms with Gasteiger partial charge in [0.15, 0.2) is 5.92 Å². The lowest BCUT2D eigenvalue weighted by Gasteiger charge is -2.23. The van der Waals surface area contributed by atoms with Crippen LogP contribution in [-0.4, -0.2) is 24.1 Å². The topological polar surface area (TPSA) is 78.6 Å². The first-order chi connectivity index (χ1) is 10.7. The summed E-state index contributed by atoms with van der Waals surface area (Å²) < 4.78 is 10.3. The molecule has 0 heterocycles. The molecule has 0 aromatic heterocycles. The number of hydrogen-bond acceptors (Lipinski definition) is 5. The van der Waals surface area contributed by atoms with Crippen molar-refractivity contribution in [1.29, 1.82) is 0 Å². The van der Waals surface area contributed by atoms with Crippen molar-refractivity contribution in [3.8, 4) is 0 Å². The molecule has 0 saturated heterocycles. The molecule has 1 rings (SSSR count). The molecule has 5 heteroatoms. The van der Waals surface area contributed by atoms with Gasteiger partial charge in [0.1, 0.15) is 5.60 Å². The predicted molar refractivity (Wildman–Crippen MR) is 88.6 cm³/mol. The van der Waals surface area contributed by atoms with Gasteiger partial charge in [-0.15, -0.1) is 0 Å². The van der Waals surface area contributed by atoms with E-state index in [0.717, 1.165) is 5.56 Å². The molecule has 0 amide bonds. The lowest BCUT2D eigenvalue weighted by Crippen LogP contribution is -2.34. The maximum absolute atomic E-state index is 12.3. The van der Waals surface area contributed by atoms with E-state index >= 15 is 0 Å². The molecule has 128 valence electrons. The first-order valence-electron chi connectivity index (χ1n) is 7.94. The lowest BCUT2D eigenvalue weighted by atomic mass is 9.96. The summed E-state index contributed by atoms with van der Waals surface area (Å²) in [7, 11) is 0. The molecule has 0 radical (unpaired) electrons. The Balaban J connectivity index is 2.73. The molecule has 2 atom stereocenters. The van der Waals surface area contributed by atoms with Crippen LogP contribution in [0.4, 0.5) is 0 Å². The Morgan fingerprint density at radius 3 is 2.22 bits per heavy atom. The predicted octanol–water partition coefficient (Wildman–Crippen LogP) is 2.99. The van der Waals surface area contributed by atoms with E-state index in [2.05, 4.69) is 0 Å². The number of esters is 2. The fourth-order valence-electron chi connectivity index (χ4n) is 2.16. The highest BCUT2D eigenvalue weighted by atomic mass is 16.6. The third-order valence-electron chi connectivity index (χ3n) is 3.26. The Morgan fingerprint density at radius 2 is 1.70 bits per heavy atom. The minimum atomic E-state index is -0.941. The normalized spacial score (nSPS) is 14.0. The van der Waals surface area contributed by atoms with E-state index in [9.17, 15) is 9.59 Å². The second-order valence-electron chi connectivity index (χ2n) is 6.43. The summed E-state index contributed by atoms with van der Waals surface area (Å²) >= 11 is 0. The fourth-order valence-corrected chi connectivity index (χ4v) is 2.16. The summed E-state index contributed by atoms with van der Waals surface area (Å²) in [6, 6.07) is 9.35. The van der Waals surface area contributed by atoms with E-state index in [1.165, 1.54) is 0 Å². The van der Waals surface area contributed by atoms with E-state index in [-0.39, 0.29) is 12.6 Å². The third kappa shape index (κ3) is 6.82. The van der Waals surface area contributed by atoms with Crippen LogP contribution in [0.25, 0.3) is 0 Å². The van der Waals surface area contributed by atoms with Gasteiger partial charge in [0.2, 0.25) is 0 Å². The number of hydrogen-bond donors (Lipinski definition) is 1. The van der Waals surface area contributed by atoms with Crippen molar-refractivity contribution < 1.29 is 19.1 Å². The molecule has 0 saturated carbocycles. The molecule has 23 heavy (non-hydrogen) atoms. The van der Waals surface area contributed by atoms with Crippen LogP contribution >= 0.6 is 0 Å². The Labute approximate surface area is 138 Å². The van der Waals surface area contributed by atoms with E-state index < -0.39 is 23.5 Å². The monoisotopic (exact) mass is 321 g/mol. The highest BCUT2D eigenvalue weighted by Crippen LogP contribution is 2.22. The van der Waals surface area contributed by atoms with Crippen molar-refractivity contribution in [2.75, 3.05) is 6.61 Å². The minimum Gasteiger partial charge on any atom is -0.465 e. The quantitative estimate of drug-likeness (QED) is 0.617. The molecule has 0 bridgehead atoms. The number of ether oxygens (including phenoxy) is 2. The Hall–Kier alpha value is -1.88. The maximum atomic E-state index is 12.3. The van der Waals surface area contributed by atoms with Crippen LogP contribution in [0.3, 0.4) is 0 Å². The number of carbonyl (C=O) groups is 2. The Morgan fingerprint density at radius 1 is 1.09 bits per heavy atom. The molecular formula is C18H27NO4. The smallest absolute Gasteiger partial charge is 0.320 e. The van der Waals surface area contributed by atoms with Gasteiger partial charge in [-0.2, -0.15) is 0 Å². The van der Waals surface area contributed by atoms with Crippen molar-refractivity contribution in [1.82, 2.24) is 0 Å². The summed E-state index contributed by atoms with van der Waals surface area (Å²) in [5.74, 6) is -2.05. The van der Waals surface area contributed by atoms with Crippen molar-refractivity contribution in [2.45, 2.75) is 52.2 Å². The number of nitrogens with two attached hydrogens (primary N) is 1. The largest absolute Gasteiger partial charge is 0.465 e. The second-order valence-corrected chi connectivity index (χ2v) is 6.43. The lowest BCUT2D eigenvalue weighted by molar-refractivity contribution is -0.169. The second kappa shape index (κ2) is 8.67. The Bertz CT molecular complexity index is 508. The zero-order chi connectivity index (χ0) is 17.5. The van der Waals surface area contributed by atoms with Crippen molar-refractivity contribution in [3.63, 3.8) is 0 Å². The highest BCUT2D eigenvalue weighted by Gasteiger charge is 2.32.